The lowest BCUT2D eigenvalue weighted by atomic mass is 9.72. The van der Waals surface area contributed by atoms with Gasteiger partial charge in [0.25, 0.3) is 0 Å². The molecular formula is C13H25N. The molecule has 0 amide bonds. The number of hydrogen-bond acceptors (Lipinski definition) is 1. The Morgan fingerprint density at radius 3 is 2.57 bits per heavy atom. The lowest BCUT2D eigenvalue weighted by Crippen LogP contribution is -2.51. The summed E-state index contributed by atoms with van der Waals surface area (Å²) in [7, 11) is 0. The molecule has 3 unspecified atom stereocenters. The summed E-state index contributed by atoms with van der Waals surface area (Å²) in [5, 5.41) is 0. The molecule has 2 aliphatic rings. The maximum atomic E-state index is 2.76. The van der Waals surface area contributed by atoms with Gasteiger partial charge in [0.2, 0.25) is 0 Å². The average Bonchev–Trinajstić information content (AvgIpc) is 2.18. The number of fused-ring (bicyclic) bond motifs is 1. The second-order valence-corrected chi connectivity index (χ2v) is 5.65. The van der Waals surface area contributed by atoms with Crippen molar-refractivity contribution in [2.75, 3.05) is 13.1 Å². The maximum Gasteiger partial charge on any atom is 0.0124 e. The molecule has 2 aliphatic heterocycles. The van der Waals surface area contributed by atoms with Crippen LogP contribution in [0, 0.1) is 17.8 Å². The molecule has 0 saturated carbocycles. The van der Waals surface area contributed by atoms with Crippen molar-refractivity contribution in [3.8, 4) is 0 Å². The van der Waals surface area contributed by atoms with Crippen LogP contribution in [0.15, 0.2) is 0 Å². The van der Waals surface area contributed by atoms with Gasteiger partial charge in [-0.25, -0.2) is 0 Å². The first-order valence-electron chi connectivity index (χ1n) is 6.44. The van der Waals surface area contributed by atoms with Gasteiger partial charge in [-0.3, -0.25) is 0 Å². The summed E-state index contributed by atoms with van der Waals surface area (Å²) >= 11 is 0. The summed E-state index contributed by atoms with van der Waals surface area (Å²) in [5.41, 5.74) is 0. The van der Waals surface area contributed by atoms with Crippen molar-refractivity contribution >= 4 is 0 Å². The Balaban J connectivity index is 2.03. The summed E-state index contributed by atoms with van der Waals surface area (Å²) < 4.78 is 0. The van der Waals surface area contributed by atoms with Gasteiger partial charge >= 0.3 is 0 Å². The zero-order valence-electron chi connectivity index (χ0n) is 10.00. The first-order chi connectivity index (χ1) is 6.70. The molecule has 0 aromatic heterocycles. The van der Waals surface area contributed by atoms with Gasteiger partial charge in [-0.15, -0.1) is 0 Å². The van der Waals surface area contributed by atoms with Gasteiger partial charge in [-0.2, -0.15) is 0 Å². The summed E-state index contributed by atoms with van der Waals surface area (Å²) in [6.45, 7) is 10.0. The SMILES string of the molecule is CC(C)C1CCN2CCCCC2C1C. The highest BCUT2D eigenvalue weighted by atomic mass is 15.2. The van der Waals surface area contributed by atoms with Crippen LogP contribution in [0.3, 0.4) is 0 Å². The van der Waals surface area contributed by atoms with E-state index in [0.717, 1.165) is 23.8 Å². The Morgan fingerprint density at radius 1 is 1.07 bits per heavy atom. The van der Waals surface area contributed by atoms with Crippen LogP contribution >= 0.6 is 0 Å². The molecule has 0 aromatic carbocycles. The first kappa shape index (κ1) is 10.5. The molecule has 2 fully saturated rings. The molecule has 0 aromatic rings. The normalized spacial score (nSPS) is 39.9. The highest BCUT2D eigenvalue weighted by Crippen LogP contribution is 2.37. The van der Waals surface area contributed by atoms with Crippen LogP contribution in [-0.4, -0.2) is 24.0 Å². The van der Waals surface area contributed by atoms with Gasteiger partial charge in [0.15, 0.2) is 0 Å². The third kappa shape index (κ3) is 1.84. The quantitative estimate of drug-likeness (QED) is 0.621. The second-order valence-electron chi connectivity index (χ2n) is 5.65. The van der Waals surface area contributed by atoms with Crippen LogP contribution in [0.25, 0.3) is 0 Å². The van der Waals surface area contributed by atoms with E-state index in [-0.39, 0.29) is 0 Å². The number of hydrogen-bond donors (Lipinski definition) is 0. The van der Waals surface area contributed by atoms with E-state index < -0.39 is 0 Å². The van der Waals surface area contributed by atoms with Crippen molar-refractivity contribution in [2.45, 2.75) is 52.5 Å². The van der Waals surface area contributed by atoms with Gasteiger partial charge in [-0.1, -0.05) is 27.2 Å². The van der Waals surface area contributed by atoms with Gasteiger partial charge in [0.05, 0.1) is 0 Å². The minimum absolute atomic E-state index is 0.883. The van der Waals surface area contributed by atoms with Crippen LogP contribution in [0.2, 0.25) is 0 Å². The topological polar surface area (TPSA) is 3.24 Å². The molecule has 14 heavy (non-hydrogen) atoms. The molecule has 0 radical (unpaired) electrons. The largest absolute Gasteiger partial charge is 0.300 e. The van der Waals surface area contributed by atoms with E-state index in [2.05, 4.69) is 25.7 Å². The molecular weight excluding hydrogens is 170 g/mol. The van der Waals surface area contributed by atoms with E-state index in [1.165, 1.54) is 38.8 Å². The van der Waals surface area contributed by atoms with Crippen LogP contribution in [0.1, 0.15) is 46.5 Å². The summed E-state index contributed by atoms with van der Waals surface area (Å²) in [6.07, 6.45) is 5.81. The smallest absolute Gasteiger partial charge is 0.0124 e. The average molecular weight is 195 g/mol. The summed E-state index contributed by atoms with van der Waals surface area (Å²) in [4.78, 5) is 2.76. The van der Waals surface area contributed by atoms with E-state index in [1.54, 1.807) is 0 Å². The van der Waals surface area contributed by atoms with Crippen LogP contribution in [0.5, 0.6) is 0 Å². The number of rotatable bonds is 1. The monoisotopic (exact) mass is 195 g/mol. The third-order valence-corrected chi connectivity index (χ3v) is 4.55. The van der Waals surface area contributed by atoms with Crippen molar-refractivity contribution in [2.24, 2.45) is 17.8 Å². The van der Waals surface area contributed by atoms with E-state index in [1.807, 2.05) is 0 Å². The molecule has 0 bridgehead atoms. The minimum atomic E-state index is 0.883. The lowest BCUT2D eigenvalue weighted by molar-refractivity contribution is 0.0143. The fraction of sp³-hybridized carbons (Fsp3) is 1.00. The van der Waals surface area contributed by atoms with Crippen LogP contribution < -0.4 is 0 Å². The first-order valence-corrected chi connectivity index (χ1v) is 6.44. The predicted molar refractivity (Wildman–Crippen MR) is 61.3 cm³/mol. The molecule has 2 saturated heterocycles. The highest BCUT2D eigenvalue weighted by molar-refractivity contribution is 4.90. The molecule has 2 heterocycles. The molecule has 82 valence electrons. The molecule has 0 spiro atoms. The Bertz CT molecular complexity index is 188. The number of piperidine rings is 2. The molecule has 0 aliphatic carbocycles. The van der Waals surface area contributed by atoms with Crippen molar-refractivity contribution in [1.82, 2.24) is 4.90 Å². The zero-order valence-corrected chi connectivity index (χ0v) is 10.00. The van der Waals surface area contributed by atoms with Gasteiger partial charge in [0, 0.05) is 6.04 Å². The van der Waals surface area contributed by atoms with Crippen molar-refractivity contribution in [1.29, 1.82) is 0 Å². The predicted octanol–water partition coefficient (Wildman–Crippen LogP) is 3.15. The van der Waals surface area contributed by atoms with Crippen LogP contribution in [0.4, 0.5) is 0 Å². The van der Waals surface area contributed by atoms with E-state index in [4.69, 9.17) is 0 Å². The van der Waals surface area contributed by atoms with Crippen molar-refractivity contribution < 1.29 is 0 Å². The fourth-order valence-corrected chi connectivity index (χ4v) is 3.69. The molecule has 3 atom stereocenters. The Labute approximate surface area is 88.9 Å². The molecule has 1 heteroatoms. The van der Waals surface area contributed by atoms with Crippen molar-refractivity contribution in [3.05, 3.63) is 0 Å². The minimum Gasteiger partial charge on any atom is -0.300 e. The third-order valence-electron chi connectivity index (χ3n) is 4.55. The molecule has 0 N–H and O–H groups in total. The van der Waals surface area contributed by atoms with Crippen LogP contribution in [-0.2, 0) is 0 Å². The Kier molecular flexibility index (Phi) is 3.16. The Morgan fingerprint density at radius 2 is 1.86 bits per heavy atom. The standard InChI is InChI=1S/C13H25N/c1-10(2)12-7-9-14-8-5-4-6-13(14)11(12)3/h10-13H,4-9H2,1-3H3. The number of nitrogens with zero attached hydrogens (tertiary/aromatic N) is 1. The fourth-order valence-electron chi connectivity index (χ4n) is 3.69. The van der Waals surface area contributed by atoms with Gasteiger partial charge in [0.1, 0.15) is 0 Å². The van der Waals surface area contributed by atoms with E-state index in [9.17, 15) is 0 Å². The van der Waals surface area contributed by atoms with Gasteiger partial charge in [-0.05, 0) is 50.1 Å². The van der Waals surface area contributed by atoms with E-state index >= 15 is 0 Å². The molecule has 2 rings (SSSR count). The zero-order chi connectivity index (χ0) is 10.1. The Hall–Kier alpha value is -0.0400. The lowest BCUT2D eigenvalue weighted by Gasteiger charge is -2.48. The highest BCUT2D eigenvalue weighted by Gasteiger charge is 2.37. The summed E-state index contributed by atoms with van der Waals surface area (Å²) in [6, 6.07) is 0.921. The molecule has 1 nitrogen and oxygen atoms in total. The maximum absolute atomic E-state index is 2.76. The summed E-state index contributed by atoms with van der Waals surface area (Å²) in [5.74, 6) is 2.80. The van der Waals surface area contributed by atoms with Gasteiger partial charge < -0.3 is 4.90 Å². The second kappa shape index (κ2) is 4.22. The van der Waals surface area contributed by atoms with E-state index in [0.29, 0.717) is 0 Å². The van der Waals surface area contributed by atoms with Crippen molar-refractivity contribution in [3.63, 3.8) is 0 Å².